The number of carbonyl (C=O) groups is 1. The molecule has 0 amide bonds. The van der Waals surface area contributed by atoms with Crippen LogP contribution in [0.1, 0.15) is 33.1 Å². The third-order valence-corrected chi connectivity index (χ3v) is 2.41. The van der Waals surface area contributed by atoms with Crippen molar-refractivity contribution in [3.05, 3.63) is 11.8 Å². The molecule has 0 atom stereocenters. The van der Waals surface area contributed by atoms with Crippen LogP contribution in [0.15, 0.2) is 11.8 Å². The molecule has 0 aromatic carbocycles. The molecule has 0 aromatic heterocycles. The molecule has 0 saturated heterocycles. The van der Waals surface area contributed by atoms with Crippen LogP contribution >= 0.6 is 0 Å². The summed E-state index contributed by atoms with van der Waals surface area (Å²) in [5.74, 6) is 0.211. The van der Waals surface area contributed by atoms with Gasteiger partial charge in [-0.25, -0.2) is 0 Å². The maximum absolute atomic E-state index is 11.1. The normalized spacial score (nSPS) is 15.6. The zero-order chi connectivity index (χ0) is 10.6. The molecule has 0 aliphatic heterocycles. The first kappa shape index (κ1) is 10.8. The molecule has 0 fully saturated rings. The first-order chi connectivity index (χ1) is 6.65. The third-order valence-electron chi connectivity index (χ3n) is 2.41. The molecular weight excluding hydrogens is 176 g/mol. The van der Waals surface area contributed by atoms with Crippen molar-refractivity contribution in [3.63, 3.8) is 0 Å². The van der Waals surface area contributed by atoms with Crippen LogP contribution in [0.25, 0.3) is 0 Å². The number of nitriles is 1. The SMILES string of the molecule is CC(C)N(CCC#N)C1=CC(=O)CC1. The lowest BCUT2D eigenvalue weighted by Crippen LogP contribution is -2.30. The Bertz CT molecular complexity index is 286. The molecule has 0 heterocycles. The zero-order valence-corrected chi connectivity index (χ0v) is 8.79. The van der Waals surface area contributed by atoms with E-state index in [9.17, 15) is 4.79 Å². The Morgan fingerprint density at radius 3 is 2.71 bits per heavy atom. The molecule has 0 spiro atoms. The smallest absolute Gasteiger partial charge is 0.157 e. The van der Waals surface area contributed by atoms with E-state index in [1.807, 2.05) is 0 Å². The molecule has 14 heavy (non-hydrogen) atoms. The molecule has 0 radical (unpaired) electrons. The lowest BCUT2D eigenvalue weighted by molar-refractivity contribution is -0.114. The van der Waals surface area contributed by atoms with Gasteiger partial charge in [-0.1, -0.05) is 0 Å². The second kappa shape index (κ2) is 4.80. The monoisotopic (exact) mass is 192 g/mol. The van der Waals surface area contributed by atoms with Crippen LogP contribution in [-0.4, -0.2) is 23.3 Å². The Balaban J connectivity index is 2.64. The maximum Gasteiger partial charge on any atom is 0.157 e. The Kier molecular flexibility index (Phi) is 3.70. The minimum absolute atomic E-state index is 0.211. The summed E-state index contributed by atoms with van der Waals surface area (Å²) in [5, 5.41) is 8.53. The highest BCUT2D eigenvalue weighted by Gasteiger charge is 2.19. The predicted molar refractivity (Wildman–Crippen MR) is 54.4 cm³/mol. The summed E-state index contributed by atoms with van der Waals surface area (Å²) < 4.78 is 0. The number of carbonyl (C=O) groups excluding carboxylic acids is 1. The first-order valence-corrected chi connectivity index (χ1v) is 5.02. The van der Waals surface area contributed by atoms with Crippen LogP contribution in [0.5, 0.6) is 0 Å². The second-order valence-electron chi connectivity index (χ2n) is 3.80. The predicted octanol–water partition coefficient (Wildman–Crippen LogP) is 1.86. The van der Waals surface area contributed by atoms with Crippen molar-refractivity contribution in [2.75, 3.05) is 6.54 Å². The summed E-state index contributed by atoms with van der Waals surface area (Å²) in [6.45, 7) is 4.90. The van der Waals surface area contributed by atoms with Crippen molar-refractivity contribution < 1.29 is 4.79 Å². The van der Waals surface area contributed by atoms with Gasteiger partial charge in [0.2, 0.25) is 0 Å². The van der Waals surface area contributed by atoms with Gasteiger partial charge in [0.25, 0.3) is 0 Å². The van der Waals surface area contributed by atoms with Crippen molar-refractivity contribution in [2.24, 2.45) is 0 Å². The summed E-state index contributed by atoms with van der Waals surface area (Å²) in [5.41, 5.74) is 1.10. The summed E-state index contributed by atoms with van der Waals surface area (Å²) in [6, 6.07) is 2.50. The third kappa shape index (κ3) is 2.59. The summed E-state index contributed by atoms with van der Waals surface area (Å²) in [6.07, 6.45) is 3.70. The molecular formula is C11H16N2O. The van der Waals surface area contributed by atoms with Crippen molar-refractivity contribution in [2.45, 2.75) is 39.2 Å². The minimum atomic E-state index is 0.211. The molecule has 1 aliphatic rings. The number of allylic oxidation sites excluding steroid dienone is 2. The highest BCUT2D eigenvalue weighted by molar-refractivity contribution is 5.92. The van der Waals surface area contributed by atoms with E-state index in [4.69, 9.17) is 5.26 Å². The van der Waals surface area contributed by atoms with Gasteiger partial charge in [-0.15, -0.1) is 0 Å². The van der Waals surface area contributed by atoms with Crippen LogP contribution in [0.3, 0.4) is 0 Å². The minimum Gasteiger partial charge on any atom is -0.371 e. The lowest BCUT2D eigenvalue weighted by atomic mass is 10.2. The molecule has 0 unspecified atom stereocenters. The topological polar surface area (TPSA) is 44.1 Å². The van der Waals surface area contributed by atoms with Crippen LogP contribution in [-0.2, 0) is 4.79 Å². The first-order valence-electron chi connectivity index (χ1n) is 5.02. The van der Waals surface area contributed by atoms with E-state index >= 15 is 0 Å². The fraction of sp³-hybridized carbons (Fsp3) is 0.636. The van der Waals surface area contributed by atoms with E-state index in [1.54, 1.807) is 6.08 Å². The number of hydrogen-bond acceptors (Lipinski definition) is 3. The van der Waals surface area contributed by atoms with E-state index < -0.39 is 0 Å². The average Bonchev–Trinajstić information content (AvgIpc) is 2.52. The average molecular weight is 192 g/mol. The largest absolute Gasteiger partial charge is 0.371 e. The number of hydrogen-bond donors (Lipinski definition) is 0. The van der Waals surface area contributed by atoms with E-state index in [-0.39, 0.29) is 5.78 Å². The molecule has 1 aliphatic carbocycles. The fourth-order valence-electron chi connectivity index (χ4n) is 1.71. The van der Waals surface area contributed by atoms with Crippen LogP contribution in [0.2, 0.25) is 0 Å². The van der Waals surface area contributed by atoms with Crippen LogP contribution < -0.4 is 0 Å². The van der Waals surface area contributed by atoms with Crippen molar-refractivity contribution in [1.82, 2.24) is 4.90 Å². The van der Waals surface area contributed by atoms with Gasteiger partial charge in [0.1, 0.15) is 0 Å². The standard InChI is InChI=1S/C11H16N2O/c1-9(2)13(7-3-6-12)10-4-5-11(14)8-10/h8-9H,3-5,7H2,1-2H3. The van der Waals surface area contributed by atoms with Crippen LogP contribution in [0, 0.1) is 11.3 Å². The summed E-state index contributed by atoms with van der Waals surface area (Å²) >= 11 is 0. The molecule has 0 N–H and O–H groups in total. The second-order valence-corrected chi connectivity index (χ2v) is 3.80. The van der Waals surface area contributed by atoms with Gasteiger partial charge in [-0.05, 0) is 20.3 Å². The Morgan fingerprint density at radius 2 is 2.29 bits per heavy atom. The van der Waals surface area contributed by atoms with Gasteiger partial charge in [-0.2, -0.15) is 5.26 Å². The number of ketones is 1. The Morgan fingerprint density at radius 1 is 1.57 bits per heavy atom. The summed E-state index contributed by atoms with van der Waals surface area (Å²) in [4.78, 5) is 13.2. The van der Waals surface area contributed by atoms with Gasteiger partial charge in [-0.3, -0.25) is 4.79 Å². The van der Waals surface area contributed by atoms with Crippen molar-refractivity contribution in [1.29, 1.82) is 5.26 Å². The number of rotatable bonds is 4. The van der Waals surface area contributed by atoms with E-state index in [2.05, 4.69) is 24.8 Å². The maximum atomic E-state index is 11.1. The molecule has 3 nitrogen and oxygen atoms in total. The quantitative estimate of drug-likeness (QED) is 0.682. The van der Waals surface area contributed by atoms with Gasteiger partial charge in [0, 0.05) is 30.8 Å². The van der Waals surface area contributed by atoms with E-state index in [0.717, 1.165) is 18.7 Å². The van der Waals surface area contributed by atoms with Crippen LogP contribution in [0.4, 0.5) is 0 Å². The Hall–Kier alpha value is -1.30. The van der Waals surface area contributed by atoms with Crippen molar-refractivity contribution in [3.8, 4) is 6.07 Å². The highest BCUT2D eigenvalue weighted by atomic mass is 16.1. The molecule has 0 saturated carbocycles. The van der Waals surface area contributed by atoms with E-state index in [0.29, 0.717) is 18.9 Å². The highest BCUT2D eigenvalue weighted by Crippen LogP contribution is 2.21. The zero-order valence-electron chi connectivity index (χ0n) is 8.79. The Labute approximate surface area is 85.0 Å². The molecule has 0 aromatic rings. The van der Waals surface area contributed by atoms with Gasteiger partial charge in [0.05, 0.1) is 12.5 Å². The van der Waals surface area contributed by atoms with Crippen molar-refractivity contribution >= 4 is 5.78 Å². The van der Waals surface area contributed by atoms with Gasteiger partial charge in [0.15, 0.2) is 5.78 Å². The number of nitrogens with zero attached hydrogens (tertiary/aromatic N) is 2. The summed E-state index contributed by atoms with van der Waals surface area (Å²) in [7, 11) is 0. The molecule has 0 bridgehead atoms. The van der Waals surface area contributed by atoms with Gasteiger partial charge < -0.3 is 4.90 Å². The van der Waals surface area contributed by atoms with Gasteiger partial charge >= 0.3 is 0 Å². The lowest BCUT2D eigenvalue weighted by Gasteiger charge is -2.29. The van der Waals surface area contributed by atoms with E-state index in [1.165, 1.54) is 0 Å². The molecule has 3 heteroatoms. The molecule has 1 rings (SSSR count). The fourth-order valence-corrected chi connectivity index (χ4v) is 1.71. The molecule has 76 valence electrons.